The Morgan fingerprint density at radius 1 is 0.806 bits per heavy atom. The van der Waals surface area contributed by atoms with Crippen LogP contribution in [0.1, 0.15) is 11.1 Å². The molecule has 0 atom stereocenters. The van der Waals surface area contributed by atoms with Crippen LogP contribution in [0, 0.1) is 6.92 Å². The Kier molecular flexibility index (Phi) is 7.17. The van der Waals surface area contributed by atoms with Crippen LogP contribution in [0.3, 0.4) is 0 Å². The van der Waals surface area contributed by atoms with E-state index in [9.17, 15) is 4.79 Å². The van der Waals surface area contributed by atoms with E-state index in [-0.39, 0.29) is 5.91 Å². The van der Waals surface area contributed by atoms with E-state index in [1.54, 1.807) is 63.8 Å². The molecule has 1 amide bonds. The molecule has 6 heteroatoms. The molecule has 31 heavy (non-hydrogen) atoms. The summed E-state index contributed by atoms with van der Waals surface area (Å²) in [6.45, 7) is 2.03. The van der Waals surface area contributed by atoms with Crippen molar-refractivity contribution in [3.8, 4) is 28.7 Å². The number of aryl methyl sites for hydroxylation is 1. The predicted molar refractivity (Wildman–Crippen MR) is 121 cm³/mol. The van der Waals surface area contributed by atoms with Gasteiger partial charge in [0.05, 0.1) is 21.3 Å². The van der Waals surface area contributed by atoms with Crippen molar-refractivity contribution in [1.29, 1.82) is 0 Å². The van der Waals surface area contributed by atoms with Crippen LogP contribution >= 0.6 is 0 Å². The largest absolute Gasteiger partial charge is 0.493 e. The highest BCUT2D eigenvalue weighted by molar-refractivity contribution is 6.02. The molecular weight excluding hydrogens is 394 g/mol. The smallest absolute Gasteiger partial charge is 0.248 e. The van der Waals surface area contributed by atoms with Gasteiger partial charge in [0.2, 0.25) is 11.7 Å². The number of amides is 1. The first-order chi connectivity index (χ1) is 15.0. The van der Waals surface area contributed by atoms with Crippen LogP contribution in [-0.4, -0.2) is 27.2 Å². The fourth-order valence-corrected chi connectivity index (χ4v) is 2.90. The molecule has 0 unspecified atom stereocenters. The molecule has 6 nitrogen and oxygen atoms in total. The summed E-state index contributed by atoms with van der Waals surface area (Å²) in [5, 5.41) is 2.82. The van der Waals surface area contributed by atoms with Gasteiger partial charge in [-0.05, 0) is 67.1 Å². The zero-order chi connectivity index (χ0) is 22.2. The van der Waals surface area contributed by atoms with Crippen molar-refractivity contribution in [2.75, 3.05) is 26.6 Å². The lowest BCUT2D eigenvalue weighted by molar-refractivity contribution is -0.111. The summed E-state index contributed by atoms with van der Waals surface area (Å²) < 4.78 is 21.8. The summed E-state index contributed by atoms with van der Waals surface area (Å²) in [7, 11) is 4.63. The maximum absolute atomic E-state index is 12.3. The minimum Gasteiger partial charge on any atom is -0.493 e. The van der Waals surface area contributed by atoms with Gasteiger partial charge in [-0.25, -0.2) is 0 Å². The van der Waals surface area contributed by atoms with Gasteiger partial charge in [-0.2, -0.15) is 0 Å². The topological polar surface area (TPSA) is 66.0 Å². The molecule has 0 heterocycles. The molecule has 160 valence electrons. The second kappa shape index (κ2) is 10.2. The lowest BCUT2D eigenvalue weighted by Crippen LogP contribution is -2.07. The lowest BCUT2D eigenvalue weighted by atomic mass is 10.1. The Labute approximate surface area is 182 Å². The van der Waals surface area contributed by atoms with Gasteiger partial charge in [-0.1, -0.05) is 17.7 Å². The Bertz CT molecular complexity index is 1030. The van der Waals surface area contributed by atoms with Gasteiger partial charge in [0.15, 0.2) is 11.5 Å². The van der Waals surface area contributed by atoms with Crippen molar-refractivity contribution in [3.63, 3.8) is 0 Å². The van der Waals surface area contributed by atoms with Crippen molar-refractivity contribution in [1.82, 2.24) is 0 Å². The first-order valence-corrected chi connectivity index (χ1v) is 9.66. The van der Waals surface area contributed by atoms with Crippen LogP contribution in [0.4, 0.5) is 5.69 Å². The number of methoxy groups -OCH3 is 3. The number of carbonyl (C=O) groups excluding carboxylic acids is 1. The first kappa shape index (κ1) is 21.8. The maximum Gasteiger partial charge on any atom is 0.248 e. The average Bonchev–Trinajstić information content (AvgIpc) is 2.79. The van der Waals surface area contributed by atoms with Gasteiger partial charge in [0, 0.05) is 11.8 Å². The van der Waals surface area contributed by atoms with E-state index in [1.165, 1.54) is 11.6 Å². The summed E-state index contributed by atoms with van der Waals surface area (Å²) in [6, 6.07) is 18.5. The molecule has 3 aromatic rings. The van der Waals surface area contributed by atoms with E-state index in [0.717, 1.165) is 11.3 Å². The third kappa shape index (κ3) is 5.79. The van der Waals surface area contributed by atoms with Gasteiger partial charge in [0.25, 0.3) is 0 Å². The zero-order valence-corrected chi connectivity index (χ0v) is 18.0. The molecule has 0 aliphatic rings. The molecule has 1 N–H and O–H groups in total. The van der Waals surface area contributed by atoms with Gasteiger partial charge >= 0.3 is 0 Å². The minimum absolute atomic E-state index is 0.263. The Balaban J connectivity index is 1.64. The Morgan fingerprint density at radius 3 is 1.87 bits per heavy atom. The number of hydrogen-bond acceptors (Lipinski definition) is 5. The predicted octanol–water partition coefficient (Wildman–Crippen LogP) is 5.47. The highest BCUT2D eigenvalue weighted by Crippen LogP contribution is 2.38. The van der Waals surface area contributed by atoms with Gasteiger partial charge in [-0.15, -0.1) is 0 Å². The monoisotopic (exact) mass is 419 g/mol. The van der Waals surface area contributed by atoms with E-state index in [1.807, 2.05) is 31.2 Å². The third-order valence-electron chi connectivity index (χ3n) is 4.49. The Morgan fingerprint density at radius 2 is 1.35 bits per heavy atom. The third-order valence-corrected chi connectivity index (χ3v) is 4.49. The zero-order valence-electron chi connectivity index (χ0n) is 18.0. The van der Waals surface area contributed by atoms with Gasteiger partial charge < -0.3 is 24.3 Å². The molecular formula is C25H25NO5. The van der Waals surface area contributed by atoms with Crippen LogP contribution in [-0.2, 0) is 4.79 Å². The van der Waals surface area contributed by atoms with E-state index in [4.69, 9.17) is 18.9 Å². The highest BCUT2D eigenvalue weighted by Gasteiger charge is 2.12. The van der Waals surface area contributed by atoms with Gasteiger partial charge in [-0.3, -0.25) is 4.79 Å². The van der Waals surface area contributed by atoms with Crippen LogP contribution in [0.5, 0.6) is 28.7 Å². The van der Waals surface area contributed by atoms with Crippen LogP contribution in [0.15, 0.2) is 66.7 Å². The number of carbonyl (C=O) groups is 1. The standard InChI is InChI=1S/C25H25NO5/c1-17-5-10-20(11-6-17)31-21-12-8-19(9-13-21)26-24(27)14-7-18-15-22(28-2)25(30-4)23(16-18)29-3/h5-16H,1-4H3,(H,26,27)/b14-7+. The van der Waals surface area contributed by atoms with Crippen LogP contribution in [0.2, 0.25) is 0 Å². The fraction of sp³-hybridized carbons (Fsp3) is 0.160. The molecule has 0 aliphatic heterocycles. The number of benzene rings is 3. The first-order valence-electron chi connectivity index (χ1n) is 9.66. The number of rotatable bonds is 8. The van der Waals surface area contributed by atoms with Crippen molar-refractivity contribution in [3.05, 3.63) is 77.9 Å². The minimum atomic E-state index is -0.263. The van der Waals surface area contributed by atoms with Crippen molar-refractivity contribution >= 4 is 17.7 Å². The molecule has 0 spiro atoms. The number of nitrogens with one attached hydrogen (secondary N) is 1. The molecule has 0 fully saturated rings. The Hall–Kier alpha value is -3.93. The van der Waals surface area contributed by atoms with Crippen LogP contribution in [0.25, 0.3) is 6.08 Å². The average molecular weight is 419 g/mol. The molecule has 0 aliphatic carbocycles. The summed E-state index contributed by atoms with van der Waals surface area (Å²) in [5.41, 5.74) is 2.58. The second-order valence-electron chi connectivity index (χ2n) is 6.72. The van der Waals surface area contributed by atoms with Crippen molar-refractivity contribution < 1.29 is 23.7 Å². The molecule has 3 aromatic carbocycles. The lowest BCUT2D eigenvalue weighted by Gasteiger charge is -2.12. The van der Waals surface area contributed by atoms with E-state index < -0.39 is 0 Å². The van der Waals surface area contributed by atoms with Gasteiger partial charge in [0.1, 0.15) is 11.5 Å². The summed E-state index contributed by atoms with van der Waals surface area (Å²) in [4.78, 5) is 12.3. The summed E-state index contributed by atoms with van der Waals surface area (Å²) in [5.74, 6) is 2.73. The van der Waals surface area contributed by atoms with Crippen LogP contribution < -0.4 is 24.3 Å². The number of ether oxygens (including phenoxy) is 4. The second-order valence-corrected chi connectivity index (χ2v) is 6.72. The van der Waals surface area contributed by atoms with E-state index >= 15 is 0 Å². The van der Waals surface area contributed by atoms with Crippen molar-refractivity contribution in [2.24, 2.45) is 0 Å². The summed E-state index contributed by atoms with van der Waals surface area (Å²) in [6.07, 6.45) is 3.12. The number of anilines is 1. The highest BCUT2D eigenvalue weighted by atomic mass is 16.5. The fourth-order valence-electron chi connectivity index (χ4n) is 2.90. The van der Waals surface area contributed by atoms with Crippen molar-refractivity contribution in [2.45, 2.75) is 6.92 Å². The molecule has 0 saturated carbocycles. The molecule has 0 aromatic heterocycles. The molecule has 0 bridgehead atoms. The number of hydrogen-bond donors (Lipinski definition) is 1. The molecule has 3 rings (SSSR count). The van der Waals surface area contributed by atoms with E-state index in [2.05, 4.69) is 5.32 Å². The summed E-state index contributed by atoms with van der Waals surface area (Å²) >= 11 is 0. The maximum atomic E-state index is 12.3. The van der Waals surface area contributed by atoms with E-state index in [0.29, 0.717) is 28.7 Å². The normalized spacial score (nSPS) is 10.6. The quantitative estimate of drug-likeness (QED) is 0.491. The molecule has 0 radical (unpaired) electrons. The SMILES string of the molecule is COc1cc(/C=C/C(=O)Nc2ccc(Oc3ccc(C)cc3)cc2)cc(OC)c1OC. The molecule has 0 saturated heterocycles.